The van der Waals surface area contributed by atoms with Crippen LogP contribution in [0.2, 0.25) is 0 Å². The lowest BCUT2D eigenvalue weighted by molar-refractivity contribution is 0.228. The van der Waals surface area contributed by atoms with Crippen molar-refractivity contribution in [1.29, 1.82) is 0 Å². The molecule has 0 aromatic heterocycles. The Morgan fingerprint density at radius 2 is 1.67 bits per heavy atom. The van der Waals surface area contributed by atoms with Gasteiger partial charge in [-0.3, -0.25) is 0 Å². The summed E-state index contributed by atoms with van der Waals surface area (Å²) in [5.74, 6) is 0. The lowest BCUT2D eigenvalue weighted by Gasteiger charge is -2.36. The molecule has 0 amide bonds. The summed E-state index contributed by atoms with van der Waals surface area (Å²) in [7, 11) is -3.46. The van der Waals surface area contributed by atoms with Crippen molar-refractivity contribution in [1.82, 2.24) is 8.61 Å². The van der Waals surface area contributed by atoms with E-state index in [1.165, 1.54) is 14.7 Å². The fraction of sp³-hybridized carbons (Fsp3) is 0.909. The number of hydrogen-bond acceptors (Lipinski definition) is 4. The molecule has 2 heterocycles. The van der Waals surface area contributed by atoms with Gasteiger partial charge >= 0.3 is 0 Å². The minimum absolute atomic E-state index is 0.453. The first-order chi connectivity index (χ1) is 8.66. The third-order valence-electron chi connectivity index (χ3n) is 3.56. The fourth-order valence-electron chi connectivity index (χ4n) is 2.59. The number of nitrogens with zero attached hydrogens (tertiary/aromatic N) is 3. The summed E-state index contributed by atoms with van der Waals surface area (Å²) in [6, 6.07) is 0. The van der Waals surface area contributed by atoms with Gasteiger partial charge in [0.15, 0.2) is 0 Å². The van der Waals surface area contributed by atoms with Crippen molar-refractivity contribution in [3.05, 3.63) is 0 Å². The van der Waals surface area contributed by atoms with Crippen LogP contribution in [0, 0.1) is 0 Å². The zero-order chi connectivity index (χ0) is 13.0. The van der Waals surface area contributed by atoms with E-state index < -0.39 is 16.4 Å². The molecule has 2 fully saturated rings. The number of rotatable bonds is 3. The first-order valence-corrected chi connectivity index (χ1v) is 7.90. The van der Waals surface area contributed by atoms with Crippen LogP contribution in [0.25, 0.3) is 0 Å². The van der Waals surface area contributed by atoms with E-state index in [4.69, 9.17) is 0 Å². The molecule has 0 spiro atoms. The maximum Gasteiger partial charge on any atom is 0.283 e. The maximum atomic E-state index is 12.5. The molecule has 18 heavy (non-hydrogen) atoms. The lowest BCUT2D eigenvalue weighted by atomic mass is 10.1. The number of hydrogen-bond donors (Lipinski definition) is 0. The van der Waals surface area contributed by atoms with Gasteiger partial charge in [-0.15, -0.1) is 0 Å². The second-order valence-electron chi connectivity index (χ2n) is 4.77. The highest BCUT2D eigenvalue weighted by Gasteiger charge is 2.36. The molecular weight excluding hydrogens is 254 g/mol. The number of carbonyl (C=O) groups excluding carboxylic acids is 1. The van der Waals surface area contributed by atoms with Gasteiger partial charge in [-0.2, -0.15) is 22.0 Å². The molecule has 0 aromatic carbocycles. The Morgan fingerprint density at radius 1 is 1.00 bits per heavy atom. The van der Waals surface area contributed by atoms with Crippen molar-refractivity contribution < 1.29 is 13.2 Å². The third kappa shape index (κ3) is 2.80. The van der Waals surface area contributed by atoms with E-state index in [1.807, 2.05) is 0 Å². The van der Waals surface area contributed by atoms with E-state index in [0.29, 0.717) is 26.1 Å². The molecule has 0 aromatic rings. The van der Waals surface area contributed by atoms with Crippen molar-refractivity contribution in [2.24, 2.45) is 4.99 Å². The standard InChI is InChI=1S/C11H19N3O3S/c15-10-12-11-6-2-5-9-14(11)18(16,17)13-7-3-1-4-8-13/h11H,1-9H2. The smallest absolute Gasteiger partial charge is 0.211 e. The van der Waals surface area contributed by atoms with E-state index in [1.54, 1.807) is 0 Å². The predicted octanol–water partition coefficient (Wildman–Crippen LogP) is 0.865. The fourth-order valence-corrected chi connectivity index (χ4v) is 4.43. The molecular formula is C11H19N3O3S. The van der Waals surface area contributed by atoms with Gasteiger partial charge in [-0.1, -0.05) is 6.42 Å². The highest BCUT2D eigenvalue weighted by Crippen LogP contribution is 2.25. The third-order valence-corrected chi connectivity index (χ3v) is 5.60. The first-order valence-electron chi connectivity index (χ1n) is 6.50. The number of piperidine rings is 2. The zero-order valence-corrected chi connectivity index (χ0v) is 11.2. The minimum atomic E-state index is -3.46. The van der Waals surface area contributed by atoms with Gasteiger partial charge in [-0.05, 0) is 32.1 Å². The summed E-state index contributed by atoms with van der Waals surface area (Å²) >= 11 is 0. The van der Waals surface area contributed by atoms with E-state index in [-0.39, 0.29) is 0 Å². The molecule has 1 unspecified atom stereocenters. The summed E-state index contributed by atoms with van der Waals surface area (Å²) in [4.78, 5) is 14.0. The average molecular weight is 273 g/mol. The van der Waals surface area contributed by atoms with Crippen LogP contribution in [0.4, 0.5) is 0 Å². The molecule has 2 rings (SSSR count). The summed E-state index contributed by atoms with van der Waals surface area (Å²) in [6.45, 7) is 1.61. The maximum absolute atomic E-state index is 12.5. The van der Waals surface area contributed by atoms with Crippen LogP contribution < -0.4 is 0 Å². The van der Waals surface area contributed by atoms with Crippen molar-refractivity contribution in [2.45, 2.75) is 44.7 Å². The predicted molar refractivity (Wildman–Crippen MR) is 66.8 cm³/mol. The molecule has 7 heteroatoms. The summed E-state index contributed by atoms with van der Waals surface area (Å²) in [5.41, 5.74) is 0. The van der Waals surface area contributed by atoms with Crippen molar-refractivity contribution >= 4 is 16.3 Å². The van der Waals surface area contributed by atoms with Crippen LogP contribution in [-0.4, -0.2) is 48.9 Å². The molecule has 0 radical (unpaired) electrons. The Hall–Kier alpha value is -0.750. The SMILES string of the molecule is O=C=NC1CCCCN1S(=O)(=O)N1CCCCC1. The Labute approximate surface area is 108 Å². The normalized spacial score (nSPS) is 27.7. The van der Waals surface area contributed by atoms with Crippen LogP contribution in [0.5, 0.6) is 0 Å². The quantitative estimate of drug-likeness (QED) is 0.566. The number of aliphatic imine (C=N–C) groups is 1. The molecule has 0 bridgehead atoms. The Balaban J connectivity index is 2.17. The highest BCUT2D eigenvalue weighted by molar-refractivity contribution is 7.86. The first kappa shape index (κ1) is 13.7. The van der Waals surface area contributed by atoms with Crippen molar-refractivity contribution in [2.75, 3.05) is 19.6 Å². The average Bonchev–Trinajstić information content (AvgIpc) is 2.41. The molecule has 0 saturated carbocycles. The molecule has 0 N–H and O–H groups in total. The molecule has 2 aliphatic heterocycles. The van der Waals surface area contributed by atoms with Crippen LogP contribution in [0.1, 0.15) is 38.5 Å². The van der Waals surface area contributed by atoms with Gasteiger partial charge in [0.05, 0.1) is 0 Å². The van der Waals surface area contributed by atoms with Crippen molar-refractivity contribution in [3.8, 4) is 0 Å². The van der Waals surface area contributed by atoms with E-state index >= 15 is 0 Å². The van der Waals surface area contributed by atoms with Gasteiger partial charge in [0, 0.05) is 19.6 Å². The topological polar surface area (TPSA) is 70.0 Å². The second-order valence-corrected chi connectivity index (χ2v) is 6.66. The van der Waals surface area contributed by atoms with Crippen LogP contribution in [0.3, 0.4) is 0 Å². The van der Waals surface area contributed by atoms with Crippen LogP contribution in [-0.2, 0) is 15.0 Å². The summed E-state index contributed by atoms with van der Waals surface area (Å²) in [5, 5.41) is 0. The van der Waals surface area contributed by atoms with E-state index in [9.17, 15) is 13.2 Å². The van der Waals surface area contributed by atoms with Crippen LogP contribution >= 0.6 is 0 Å². The van der Waals surface area contributed by atoms with E-state index in [0.717, 1.165) is 32.1 Å². The molecule has 0 aliphatic carbocycles. The van der Waals surface area contributed by atoms with Gasteiger partial charge < -0.3 is 0 Å². The Bertz CT molecular complexity index is 425. The van der Waals surface area contributed by atoms with Gasteiger partial charge in [0.2, 0.25) is 6.08 Å². The second kappa shape index (κ2) is 5.93. The van der Waals surface area contributed by atoms with E-state index in [2.05, 4.69) is 4.99 Å². The Morgan fingerprint density at radius 3 is 2.33 bits per heavy atom. The Kier molecular flexibility index (Phi) is 4.50. The zero-order valence-electron chi connectivity index (χ0n) is 10.4. The van der Waals surface area contributed by atoms with Crippen LogP contribution in [0.15, 0.2) is 4.99 Å². The summed E-state index contributed by atoms with van der Waals surface area (Å²) < 4.78 is 27.9. The molecule has 2 saturated heterocycles. The van der Waals surface area contributed by atoms with Gasteiger partial charge in [-0.25, -0.2) is 4.79 Å². The molecule has 102 valence electrons. The monoisotopic (exact) mass is 273 g/mol. The number of isocyanates is 1. The molecule has 1 atom stereocenters. The van der Waals surface area contributed by atoms with Gasteiger partial charge in [0.25, 0.3) is 10.2 Å². The minimum Gasteiger partial charge on any atom is -0.211 e. The summed E-state index contributed by atoms with van der Waals surface area (Å²) in [6.07, 6.45) is 6.20. The highest BCUT2D eigenvalue weighted by atomic mass is 32.2. The van der Waals surface area contributed by atoms with Gasteiger partial charge in [0.1, 0.15) is 6.17 Å². The molecule has 6 nitrogen and oxygen atoms in total. The molecule has 2 aliphatic rings. The largest absolute Gasteiger partial charge is 0.283 e. The van der Waals surface area contributed by atoms with Crippen molar-refractivity contribution in [3.63, 3.8) is 0 Å². The lowest BCUT2D eigenvalue weighted by Crippen LogP contribution is -2.51.